The van der Waals surface area contributed by atoms with Gasteiger partial charge in [0.1, 0.15) is 0 Å². The third-order valence-electron chi connectivity index (χ3n) is 5.63. The molecule has 0 aromatic heterocycles. The summed E-state index contributed by atoms with van der Waals surface area (Å²) in [6, 6.07) is 13.3. The Morgan fingerprint density at radius 3 is 2.39 bits per heavy atom. The molecule has 2 amide bonds. The van der Waals surface area contributed by atoms with Gasteiger partial charge in [-0.15, -0.1) is 0 Å². The van der Waals surface area contributed by atoms with Crippen LogP contribution in [-0.4, -0.2) is 62.3 Å². The number of amides is 2. The predicted molar refractivity (Wildman–Crippen MR) is 119 cm³/mol. The molecule has 0 bridgehead atoms. The van der Waals surface area contributed by atoms with E-state index < -0.39 is 16.1 Å². The van der Waals surface area contributed by atoms with Crippen molar-refractivity contribution in [1.29, 1.82) is 0 Å². The largest absolute Gasteiger partial charge is 0.340 e. The molecule has 1 unspecified atom stereocenters. The average molecular weight is 445 g/mol. The Labute approximate surface area is 183 Å². The second-order valence-corrected chi connectivity index (χ2v) is 9.32. The number of carbonyl (C=O) groups is 2. The lowest BCUT2D eigenvalue weighted by atomic mass is 10.1. The number of nitrogens with one attached hydrogen (secondary N) is 1. The summed E-state index contributed by atoms with van der Waals surface area (Å²) >= 11 is 0. The summed E-state index contributed by atoms with van der Waals surface area (Å²) in [5.74, 6) is -0.155. The Morgan fingerprint density at radius 1 is 1.06 bits per heavy atom. The number of nitrogens with zero attached hydrogens (tertiary/aromatic N) is 2. The highest BCUT2D eigenvalue weighted by atomic mass is 32.2. The van der Waals surface area contributed by atoms with Crippen LogP contribution < -0.4 is 10.5 Å². The molecule has 1 saturated heterocycles. The minimum absolute atomic E-state index is 0.0567. The number of carbonyl (C=O) groups excluding carboxylic acids is 2. The van der Waals surface area contributed by atoms with E-state index >= 15 is 0 Å². The van der Waals surface area contributed by atoms with Crippen molar-refractivity contribution in [3.05, 3.63) is 59.7 Å². The van der Waals surface area contributed by atoms with Crippen LogP contribution in [0.15, 0.2) is 53.4 Å². The molecule has 2 aromatic rings. The maximum atomic E-state index is 12.7. The highest BCUT2D eigenvalue weighted by Crippen LogP contribution is 2.16. The van der Waals surface area contributed by atoms with Gasteiger partial charge in [0.25, 0.3) is 0 Å². The Morgan fingerprint density at radius 2 is 1.74 bits per heavy atom. The van der Waals surface area contributed by atoms with E-state index in [0.29, 0.717) is 38.3 Å². The molecule has 1 aliphatic rings. The smallest absolute Gasteiger partial charge is 0.241 e. The fraction of sp³-hybridized carbons (Fsp3) is 0.364. The van der Waals surface area contributed by atoms with Crippen LogP contribution in [0, 0.1) is 6.92 Å². The van der Waals surface area contributed by atoms with Crippen molar-refractivity contribution in [2.24, 2.45) is 5.14 Å². The molecule has 9 heteroatoms. The van der Waals surface area contributed by atoms with Crippen molar-refractivity contribution in [1.82, 2.24) is 9.80 Å². The normalized spacial score (nSPS) is 16.0. The number of aryl methyl sites for hydroxylation is 1. The van der Waals surface area contributed by atoms with Gasteiger partial charge in [-0.25, -0.2) is 13.6 Å². The second kappa shape index (κ2) is 9.59. The second-order valence-electron chi connectivity index (χ2n) is 7.76. The number of hydrogen-bond donors (Lipinski definition) is 2. The molecule has 0 spiro atoms. The fourth-order valence-corrected chi connectivity index (χ4v) is 4.16. The summed E-state index contributed by atoms with van der Waals surface area (Å²) < 4.78 is 23.0. The van der Waals surface area contributed by atoms with Crippen LogP contribution >= 0.6 is 0 Å². The molecule has 1 heterocycles. The van der Waals surface area contributed by atoms with E-state index in [1.165, 1.54) is 18.2 Å². The van der Waals surface area contributed by atoms with Crippen molar-refractivity contribution in [2.45, 2.75) is 31.2 Å². The number of piperazine rings is 1. The monoisotopic (exact) mass is 444 g/mol. The van der Waals surface area contributed by atoms with Gasteiger partial charge in [0.15, 0.2) is 0 Å². The molecule has 1 aliphatic heterocycles. The molecular formula is C22H28N4O4S. The highest BCUT2D eigenvalue weighted by Gasteiger charge is 2.27. The molecule has 0 aliphatic carbocycles. The average Bonchev–Trinajstić information content (AvgIpc) is 2.74. The Kier molecular flexibility index (Phi) is 7.09. The first-order chi connectivity index (χ1) is 14.6. The van der Waals surface area contributed by atoms with Crippen molar-refractivity contribution in [2.75, 3.05) is 31.5 Å². The number of nitrogens with two attached hydrogens (primary N) is 1. The molecular weight excluding hydrogens is 416 g/mol. The summed E-state index contributed by atoms with van der Waals surface area (Å²) in [5.41, 5.74) is 2.51. The summed E-state index contributed by atoms with van der Waals surface area (Å²) in [5, 5.41) is 7.89. The summed E-state index contributed by atoms with van der Waals surface area (Å²) in [6.45, 7) is 6.09. The lowest BCUT2D eigenvalue weighted by Crippen LogP contribution is -2.54. The van der Waals surface area contributed by atoms with Crippen LogP contribution in [0.4, 0.5) is 5.69 Å². The van der Waals surface area contributed by atoms with Gasteiger partial charge < -0.3 is 10.2 Å². The number of anilines is 1. The van der Waals surface area contributed by atoms with Gasteiger partial charge in [0.05, 0.1) is 17.4 Å². The molecule has 2 aromatic carbocycles. The number of hydrogen-bond acceptors (Lipinski definition) is 5. The Hall–Kier alpha value is -2.75. The van der Waals surface area contributed by atoms with E-state index in [-0.39, 0.29) is 16.7 Å². The molecule has 3 N–H and O–H groups in total. The van der Waals surface area contributed by atoms with Crippen molar-refractivity contribution in [3.63, 3.8) is 0 Å². The molecule has 3 rings (SSSR count). The summed E-state index contributed by atoms with van der Waals surface area (Å²) in [6.07, 6.45) is 0.378. The zero-order valence-corrected chi connectivity index (χ0v) is 18.6. The molecule has 0 radical (unpaired) electrons. The minimum atomic E-state index is -3.84. The first kappa shape index (κ1) is 22.9. The first-order valence-corrected chi connectivity index (χ1v) is 11.7. The lowest BCUT2D eigenvalue weighted by molar-refractivity contribution is -0.133. The van der Waals surface area contributed by atoms with Crippen molar-refractivity contribution in [3.8, 4) is 0 Å². The van der Waals surface area contributed by atoms with E-state index in [4.69, 9.17) is 5.14 Å². The third-order valence-corrected chi connectivity index (χ3v) is 6.54. The van der Waals surface area contributed by atoms with Crippen LogP contribution in [0.1, 0.15) is 18.1 Å². The Bertz CT molecular complexity index is 1060. The van der Waals surface area contributed by atoms with E-state index in [1.807, 2.05) is 41.0 Å². The standard InChI is InChI=1S/C22H28N4O4S/c1-16-6-3-4-7-18(16)14-21(27)26-12-10-25(11-13-26)17(2)22(28)24-19-8-5-9-20(15-19)31(23,29)30/h3-9,15,17H,10-14H2,1-2H3,(H,24,28)(H2,23,29,30). The maximum Gasteiger partial charge on any atom is 0.241 e. The molecule has 0 saturated carbocycles. The van der Waals surface area contributed by atoms with Gasteiger partial charge in [-0.1, -0.05) is 30.3 Å². The Balaban J connectivity index is 1.54. The summed E-state index contributed by atoms with van der Waals surface area (Å²) in [7, 11) is -3.84. The summed E-state index contributed by atoms with van der Waals surface area (Å²) in [4.78, 5) is 29.1. The van der Waals surface area contributed by atoms with Gasteiger partial charge in [0, 0.05) is 31.9 Å². The molecule has 31 heavy (non-hydrogen) atoms. The van der Waals surface area contributed by atoms with Crippen LogP contribution in [0.3, 0.4) is 0 Å². The van der Waals surface area contributed by atoms with E-state index in [1.54, 1.807) is 13.0 Å². The third kappa shape index (κ3) is 5.90. The van der Waals surface area contributed by atoms with Gasteiger partial charge in [-0.05, 0) is 43.2 Å². The molecule has 8 nitrogen and oxygen atoms in total. The highest BCUT2D eigenvalue weighted by molar-refractivity contribution is 7.89. The number of benzene rings is 2. The van der Waals surface area contributed by atoms with Crippen molar-refractivity contribution < 1.29 is 18.0 Å². The number of rotatable bonds is 6. The lowest BCUT2D eigenvalue weighted by Gasteiger charge is -2.37. The van der Waals surface area contributed by atoms with Gasteiger partial charge in [-0.2, -0.15) is 0 Å². The molecule has 1 atom stereocenters. The minimum Gasteiger partial charge on any atom is -0.340 e. The zero-order valence-electron chi connectivity index (χ0n) is 17.7. The van der Waals surface area contributed by atoms with Crippen LogP contribution in [0.2, 0.25) is 0 Å². The van der Waals surface area contributed by atoms with E-state index in [0.717, 1.165) is 11.1 Å². The topological polar surface area (TPSA) is 113 Å². The molecule has 1 fully saturated rings. The van der Waals surface area contributed by atoms with Crippen LogP contribution in [0.25, 0.3) is 0 Å². The zero-order chi connectivity index (χ0) is 22.6. The van der Waals surface area contributed by atoms with Crippen LogP contribution in [0.5, 0.6) is 0 Å². The maximum absolute atomic E-state index is 12.7. The quantitative estimate of drug-likeness (QED) is 0.699. The van der Waals surface area contributed by atoms with Gasteiger partial charge in [0.2, 0.25) is 21.8 Å². The van der Waals surface area contributed by atoms with Gasteiger partial charge in [-0.3, -0.25) is 14.5 Å². The van der Waals surface area contributed by atoms with E-state index in [2.05, 4.69) is 5.32 Å². The van der Waals surface area contributed by atoms with Gasteiger partial charge >= 0.3 is 0 Å². The van der Waals surface area contributed by atoms with Crippen molar-refractivity contribution >= 4 is 27.5 Å². The van der Waals surface area contributed by atoms with E-state index in [9.17, 15) is 18.0 Å². The van der Waals surface area contributed by atoms with Crippen LogP contribution in [-0.2, 0) is 26.0 Å². The number of primary sulfonamides is 1. The molecule has 166 valence electrons. The predicted octanol–water partition coefficient (Wildman–Crippen LogP) is 1.36. The fourth-order valence-electron chi connectivity index (χ4n) is 3.61. The first-order valence-electron chi connectivity index (χ1n) is 10.1. The number of sulfonamides is 1. The SMILES string of the molecule is Cc1ccccc1CC(=O)N1CCN(C(C)C(=O)Nc2cccc(S(N)(=O)=O)c2)CC1.